The average Bonchev–Trinajstić information content (AvgIpc) is 3.81. The van der Waals surface area contributed by atoms with Gasteiger partial charge in [0.25, 0.3) is 0 Å². The van der Waals surface area contributed by atoms with E-state index in [1.807, 2.05) is 0 Å². The summed E-state index contributed by atoms with van der Waals surface area (Å²) in [5.41, 5.74) is 0. The summed E-state index contributed by atoms with van der Waals surface area (Å²) < 4.78 is 13.2. The first-order chi connectivity index (χ1) is 20.3. The number of hydrogen-bond acceptors (Lipinski definition) is 4. The predicted octanol–water partition coefficient (Wildman–Crippen LogP) is 8.32. The van der Waals surface area contributed by atoms with Gasteiger partial charge in [0.05, 0.1) is 12.8 Å². The lowest BCUT2D eigenvalue weighted by Crippen LogP contribution is -2.45. The van der Waals surface area contributed by atoms with Gasteiger partial charge in [-0.2, -0.15) is 0 Å². The molecular weight excluding hydrogens is 520 g/mol. The molecule has 4 nitrogen and oxygen atoms in total. The Hall–Kier alpha value is -1.06. The molecule has 0 heterocycles. The predicted molar refractivity (Wildman–Crippen MR) is 163 cm³/mol. The second kappa shape index (κ2) is 10.8. The molecule has 0 saturated heterocycles. The number of carbonyl (C=O) groups is 2. The highest BCUT2D eigenvalue weighted by molar-refractivity contribution is 5.78. The van der Waals surface area contributed by atoms with Crippen molar-refractivity contribution in [1.82, 2.24) is 0 Å². The van der Waals surface area contributed by atoms with Crippen molar-refractivity contribution in [1.29, 1.82) is 0 Å². The maximum absolute atomic E-state index is 13.6. The van der Waals surface area contributed by atoms with Crippen LogP contribution in [0.2, 0.25) is 0 Å². The van der Waals surface area contributed by atoms with Crippen molar-refractivity contribution in [3.8, 4) is 0 Å². The third-order valence-electron chi connectivity index (χ3n) is 16.2. The second-order valence-electron chi connectivity index (χ2n) is 17.5. The topological polar surface area (TPSA) is 52.6 Å². The molecule has 8 aliphatic rings. The van der Waals surface area contributed by atoms with Gasteiger partial charge in [0.15, 0.2) is 0 Å². The Kier molecular flexibility index (Phi) is 7.30. The van der Waals surface area contributed by atoms with E-state index in [0.29, 0.717) is 47.3 Å². The van der Waals surface area contributed by atoms with E-state index in [0.717, 1.165) is 47.3 Å². The Morgan fingerprint density at radius 3 is 0.905 bits per heavy atom. The molecule has 16 atom stereocenters. The van der Waals surface area contributed by atoms with Gasteiger partial charge in [-0.05, 0) is 148 Å². The monoisotopic (exact) mass is 578 g/mol. The largest absolute Gasteiger partial charge is 0.462 e. The van der Waals surface area contributed by atoms with E-state index in [4.69, 9.17) is 9.47 Å². The van der Waals surface area contributed by atoms with Gasteiger partial charge < -0.3 is 9.47 Å². The third kappa shape index (κ3) is 4.47. The van der Waals surface area contributed by atoms with E-state index in [-0.39, 0.29) is 37.0 Å². The first kappa shape index (κ1) is 28.4. The van der Waals surface area contributed by atoms with Gasteiger partial charge in [-0.25, -0.2) is 0 Å². The lowest BCUT2D eigenvalue weighted by atomic mass is 9.67. The van der Waals surface area contributed by atoms with Gasteiger partial charge in [-0.1, -0.05) is 27.7 Å². The summed E-state index contributed by atoms with van der Waals surface area (Å²) in [7, 11) is 0. The Morgan fingerprint density at radius 1 is 0.452 bits per heavy atom. The standard InChI is InChI=1S/C38H58O4/c1-19-23-5-9-27(15-23)33(19)37(34-20(2)24-6-10-28(34)16-24)41-31(39)13-14-32(40)42-38(35-21(3)25-7-11-29(35)17-25)36-22(4)26-8-12-30(36)18-26/h19-30,33-38H,5-18H2,1-4H3. The lowest BCUT2D eigenvalue weighted by molar-refractivity contribution is -0.169. The van der Waals surface area contributed by atoms with Crippen LogP contribution in [0.4, 0.5) is 0 Å². The molecule has 16 unspecified atom stereocenters. The molecule has 8 aliphatic carbocycles. The summed E-state index contributed by atoms with van der Waals surface area (Å²) in [4.78, 5) is 27.2. The maximum atomic E-state index is 13.6. The van der Waals surface area contributed by atoms with Crippen molar-refractivity contribution in [2.45, 2.75) is 130 Å². The molecule has 8 bridgehead atoms. The first-order valence-electron chi connectivity index (χ1n) is 18.7. The first-order valence-corrected chi connectivity index (χ1v) is 18.7. The molecule has 8 rings (SSSR count). The zero-order chi connectivity index (χ0) is 28.9. The molecule has 0 aliphatic heterocycles. The van der Waals surface area contributed by atoms with Gasteiger partial charge >= 0.3 is 11.9 Å². The quantitative estimate of drug-likeness (QED) is 0.258. The molecule has 0 radical (unpaired) electrons. The van der Waals surface area contributed by atoms with Crippen LogP contribution < -0.4 is 0 Å². The molecule has 8 saturated carbocycles. The third-order valence-corrected chi connectivity index (χ3v) is 16.2. The van der Waals surface area contributed by atoms with Crippen LogP contribution in [0.1, 0.15) is 118 Å². The molecule has 0 spiro atoms. The highest BCUT2D eigenvalue weighted by Gasteiger charge is 2.58. The van der Waals surface area contributed by atoms with Gasteiger partial charge in [-0.15, -0.1) is 0 Å². The molecule has 0 aromatic carbocycles. The number of rotatable bonds is 9. The van der Waals surface area contributed by atoms with Crippen LogP contribution in [0.3, 0.4) is 0 Å². The molecule has 0 amide bonds. The summed E-state index contributed by atoms with van der Waals surface area (Å²) >= 11 is 0. The molecular formula is C38H58O4. The van der Waals surface area contributed by atoms with Gasteiger partial charge in [-0.3, -0.25) is 9.59 Å². The van der Waals surface area contributed by atoms with Crippen LogP contribution in [0, 0.1) is 94.7 Å². The van der Waals surface area contributed by atoms with Crippen molar-refractivity contribution < 1.29 is 19.1 Å². The molecule has 0 N–H and O–H groups in total. The van der Waals surface area contributed by atoms with E-state index in [1.165, 1.54) is 77.0 Å². The maximum Gasteiger partial charge on any atom is 0.306 e. The van der Waals surface area contributed by atoms with Crippen molar-refractivity contribution in [3.05, 3.63) is 0 Å². The zero-order valence-corrected chi connectivity index (χ0v) is 26.9. The minimum atomic E-state index is -0.139. The van der Waals surface area contributed by atoms with Crippen molar-refractivity contribution in [2.24, 2.45) is 94.7 Å². The van der Waals surface area contributed by atoms with Crippen LogP contribution in [0.5, 0.6) is 0 Å². The highest BCUT2D eigenvalue weighted by Crippen LogP contribution is 2.62. The lowest BCUT2D eigenvalue weighted by Gasteiger charge is -2.43. The number of fused-ring (bicyclic) bond motifs is 8. The number of esters is 2. The normalized spacial score (nSPS) is 52.8. The van der Waals surface area contributed by atoms with Crippen LogP contribution in [0.15, 0.2) is 0 Å². The van der Waals surface area contributed by atoms with E-state index < -0.39 is 0 Å². The summed E-state index contributed by atoms with van der Waals surface area (Å²) in [5.74, 6) is 10.7. The Morgan fingerprint density at radius 2 is 0.690 bits per heavy atom. The molecule has 0 aromatic heterocycles. The van der Waals surface area contributed by atoms with Crippen molar-refractivity contribution >= 4 is 11.9 Å². The van der Waals surface area contributed by atoms with Gasteiger partial charge in [0, 0.05) is 23.7 Å². The molecule has 8 fully saturated rings. The van der Waals surface area contributed by atoms with Gasteiger partial charge in [0.2, 0.25) is 0 Å². The number of carbonyl (C=O) groups excluding carboxylic acids is 2. The zero-order valence-electron chi connectivity index (χ0n) is 26.9. The number of hydrogen-bond donors (Lipinski definition) is 0. The smallest absolute Gasteiger partial charge is 0.306 e. The Balaban J connectivity index is 0.944. The van der Waals surface area contributed by atoms with E-state index in [2.05, 4.69) is 27.7 Å². The van der Waals surface area contributed by atoms with Crippen molar-refractivity contribution in [3.63, 3.8) is 0 Å². The summed E-state index contributed by atoms with van der Waals surface area (Å²) in [6.07, 6.45) is 16.6. The highest BCUT2D eigenvalue weighted by atomic mass is 16.6. The minimum absolute atomic E-state index is 0.0571. The van der Waals surface area contributed by atoms with Crippen LogP contribution >= 0.6 is 0 Å². The fourth-order valence-corrected chi connectivity index (χ4v) is 14.2. The van der Waals surface area contributed by atoms with Crippen LogP contribution in [-0.2, 0) is 19.1 Å². The van der Waals surface area contributed by atoms with E-state index in [1.54, 1.807) is 0 Å². The molecule has 234 valence electrons. The van der Waals surface area contributed by atoms with Crippen LogP contribution in [-0.4, -0.2) is 24.1 Å². The second-order valence-corrected chi connectivity index (χ2v) is 17.5. The fraction of sp³-hybridized carbons (Fsp3) is 0.947. The number of ether oxygens (including phenoxy) is 2. The minimum Gasteiger partial charge on any atom is -0.462 e. The summed E-state index contributed by atoms with van der Waals surface area (Å²) in [5, 5.41) is 0. The summed E-state index contributed by atoms with van der Waals surface area (Å²) in [6, 6.07) is 0. The fourth-order valence-electron chi connectivity index (χ4n) is 14.2. The SMILES string of the molecule is CC1C2CCC(C2)C1C(OC(=O)CCC(=O)OC(C1C2CCC(C2)C1C)C1C2CCC(C2)C1C)C1C2CCC(C2)C1C. The molecule has 4 heteroatoms. The van der Waals surface area contributed by atoms with Crippen LogP contribution in [0.25, 0.3) is 0 Å². The molecule has 0 aromatic rings. The van der Waals surface area contributed by atoms with E-state index >= 15 is 0 Å². The average molecular weight is 579 g/mol. The Bertz CT molecular complexity index is 900. The molecule has 42 heavy (non-hydrogen) atoms. The summed E-state index contributed by atoms with van der Waals surface area (Å²) in [6.45, 7) is 9.77. The van der Waals surface area contributed by atoms with Crippen molar-refractivity contribution in [2.75, 3.05) is 0 Å². The van der Waals surface area contributed by atoms with E-state index in [9.17, 15) is 9.59 Å². The Labute approximate surface area is 255 Å². The van der Waals surface area contributed by atoms with Gasteiger partial charge in [0.1, 0.15) is 12.2 Å².